The zero-order chi connectivity index (χ0) is 18.6. The molecule has 0 N–H and O–H groups in total. The van der Waals surface area contributed by atoms with Gasteiger partial charge in [0.1, 0.15) is 5.75 Å². The summed E-state index contributed by atoms with van der Waals surface area (Å²) in [6.45, 7) is 4.80. The van der Waals surface area contributed by atoms with Crippen molar-refractivity contribution in [3.8, 4) is 5.75 Å². The van der Waals surface area contributed by atoms with Gasteiger partial charge in [0.25, 0.3) is 0 Å². The molecule has 3 nitrogen and oxygen atoms in total. The molecule has 0 aliphatic carbocycles. The number of nitrogens with zero attached hydrogens (tertiary/aromatic N) is 2. The standard InChI is InChI=1S/C22H24Cl2N2O/c23-21-4-1-3-20(22(21)24)16-7-10-26(11-8-16)9-2-12-27-19-6-5-17-14-25-15-18(17)13-19/h1,3-6,13-14,16H,2,7-12,15H2. The molecule has 4 rings (SSSR count). The van der Waals surface area contributed by atoms with E-state index in [9.17, 15) is 0 Å². The van der Waals surface area contributed by atoms with Crippen LogP contribution in [0.4, 0.5) is 0 Å². The molecule has 0 aromatic heterocycles. The lowest BCUT2D eigenvalue weighted by Gasteiger charge is -2.32. The molecule has 2 heterocycles. The fourth-order valence-corrected chi connectivity index (χ4v) is 4.42. The van der Waals surface area contributed by atoms with Crippen molar-refractivity contribution in [1.82, 2.24) is 4.90 Å². The van der Waals surface area contributed by atoms with Gasteiger partial charge in [-0.15, -0.1) is 0 Å². The molecule has 27 heavy (non-hydrogen) atoms. The van der Waals surface area contributed by atoms with Crippen LogP contribution in [0.3, 0.4) is 0 Å². The molecule has 0 saturated carbocycles. The number of halogens is 2. The highest BCUT2D eigenvalue weighted by Gasteiger charge is 2.22. The molecule has 2 aromatic carbocycles. The van der Waals surface area contributed by atoms with E-state index in [1.165, 1.54) is 16.7 Å². The Morgan fingerprint density at radius 3 is 2.81 bits per heavy atom. The van der Waals surface area contributed by atoms with Gasteiger partial charge < -0.3 is 9.64 Å². The highest BCUT2D eigenvalue weighted by Crippen LogP contribution is 2.36. The van der Waals surface area contributed by atoms with Crippen LogP contribution in [0.5, 0.6) is 5.75 Å². The van der Waals surface area contributed by atoms with E-state index in [2.05, 4.69) is 28.1 Å². The first-order valence-electron chi connectivity index (χ1n) is 9.62. The Balaban J connectivity index is 1.19. The van der Waals surface area contributed by atoms with Crippen LogP contribution < -0.4 is 4.74 Å². The number of fused-ring (bicyclic) bond motifs is 1. The lowest BCUT2D eigenvalue weighted by atomic mass is 9.89. The molecule has 0 spiro atoms. The number of likely N-dealkylation sites (tertiary alicyclic amines) is 1. The highest BCUT2D eigenvalue weighted by molar-refractivity contribution is 6.42. The predicted molar refractivity (Wildman–Crippen MR) is 113 cm³/mol. The van der Waals surface area contributed by atoms with Crippen LogP contribution in [0.1, 0.15) is 41.9 Å². The number of piperidine rings is 1. The van der Waals surface area contributed by atoms with E-state index in [0.717, 1.165) is 62.8 Å². The third-order valence-corrected chi connectivity index (χ3v) is 6.34. The molecule has 5 heteroatoms. The summed E-state index contributed by atoms with van der Waals surface area (Å²) >= 11 is 12.6. The summed E-state index contributed by atoms with van der Waals surface area (Å²) in [5.41, 5.74) is 3.67. The van der Waals surface area contributed by atoms with Crippen LogP contribution in [0.25, 0.3) is 0 Å². The van der Waals surface area contributed by atoms with E-state index in [4.69, 9.17) is 27.9 Å². The van der Waals surface area contributed by atoms with Crippen LogP contribution in [0.15, 0.2) is 41.4 Å². The lowest BCUT2D eigenvalue weighted by molar-refractivity contribution is 0.193. The van der Waals surface area contributed by atoms with Crippen LogP contribution in [0, 0.1) is 0 Å². The van der Waals surface area contributed by atoms with Gasteiger partial charge in [-0.25, -0.2) is 0 Å². The summed E-state index contributed by atoms with van der Waals surface area (Å²) in [6, 6.07) is 12.2. The predicted octanol–water partition coefficient (Wildman–Crippen LogP) is 5.57. The molecule has 2 aliphatic rings. The maximum Gasteiger partial charge on any atom is 0.119 e. The van der Waals surface area contributed by atoms with E-state index >= 15 is 0 Å². The zero-order valence-corrected chi connectivity index (χ0v) is 16.8. The van der Waals surface area contributed by atoms with Crippen molar-refractivity contribution < 1.29 is 4.74 Å². The van der Waals surface area contributed by atoms with Gasteiger partial charge >= 0.3 is 0 Å². The van der Waals surface area contributed by atoms with Gasteiger partial charge in [-0.2, -0.15) is 0 Å². The molecule has 0 unspecified atom stereocenters. The number of benzene rings is 2. The average Bonchev–Trinajstić information content (AvgIpc) is 3.16. The maximum atomic E-state index is 6.39. The second-order valence-corrected chi connectivity index (χ2v) is 8.08. The van der Waals surface area contributed by atoms with Crippen molar-refractivity contribution in [1.29, 1.82) is 0 Å². The van der Waals surface area contributed by atoms with Gasteiger partial charge in [0, 0.05) is 12.8 Å². The van der Waals surface area contributed by atoms with Crippen LogP contribution >= 0.6 is 23.2 Å². The normalized spacial score (nSPS) is 17.3. The highest BCUT2D eigenvalue weighted by atomic mass is 35.5. The molecular weight excluding hydrogens is 379 g/mol. The quantitative estimate of drug-likeness (QED) is 0.589. The van der Waals surface area contributed by atoms with Crippen LogP contribution in [-0.4, -0.2) is 37.4 Å². The summed E-state index contributed by atoms with van der Waals surface area (Å²) in [5.74, 6) is 1.46. The first kappa shape index (κ1) is 18.8. The van der Waals surface area contributed by atoms with E-state index in [0.29, 0.717) is 10.9 Å². The molecule has 1 fully saturated rings. The third-order valence-electron chi connectivity index (χ3n) is 5.50. The Labute approximate surface area is 171 Å². The number of rotatable bonds is 6. The van der Waals surface area contributed by atoms with Gasteiger partial charge in [-0.05, 0) is 79.2 Å². The largest absolute Gasteiger partial charge is 0.494 e. The van der Waals surface area contributed by atoms with Gasteiger partial charge in [-0.3, -0.25) is 4.99 Å². The Morgan fingerprint density at radius 2 is 1.96 bits per heavy atom. The SMILES string of the molecule is Clc1cccc(C2CCN(CCCOc3ccc4c(c3)CN=C4)CC2)c1Cl. The van der Waals surface area contributed by atoms with Crippen molar-refractivity contribution in [2.45, 2.75) is 31.7 Å². The van der Waals surface area contributed by atoms with Crippen molar-refractivity contribution in [3.05, 3.63) is 63.1 Å². The van der Waals surface area contributed by atoms with Gasteiger partial charge in [0.05, 0.1) is 23.2 Å². The second kappa shape index (κ2) is 8.64. The molecule has 0 radical (unpaired) electrons. The van der Waals surface area contributed by atoms with Crippen LogP contribution in [0.2, 0.25) is 10.0 Å². The smallest absolute Gasteiger partial charge is 0.119 e. The summed E-state index contributed by atoms with van der Waals surface area (Å²) in [4.78, 5) is 6.81. The lowest BCUT2D eigenvalue weighted by Crippen LogP contribution is -2.34. The molecule has 1 saturated heterocycles. The molecule has 0 amide bonds. The van der Waals surface area contributed by atoms with E-state index in [1.807, 2.05) is 24.4 Å². The molecule has 2 aliphatic heterocycles. The van der Waals surface area contributed by atoms with Gasteiger partial charge in [0.15, 0.2) is 0 Å². The fourth-order valence-electron chi connectivity index (χ4n) is 3.96. The first-order chi connectivity index (χ1) is 13.2. The molecule has 2 aromatic rings. The number of hydrogen-bond acceptors (Lipinski definition) is 3. The fraction of sp³-hybridized carbons (Fsp3) is 0.409. The summed E-state index contributed by atoms with van der Waals surface area (Å²) in [6.07, 6.45) is 5.23. The number of hydrogen-bond donors (Lipinski definition) is 0. The number of ether oxygens (including phenoxy) is 1. The minimum absolute atomic E-state index is 0.511. The van der Waals surface area contributed by atoms with Crippen LogP contribution in [-0.2, 0) is 6.54 Å². The zero-order valence-electron chi connectivity index (χ0n) is 15.3. The molecular formula is C22H24Cl2N2O. The molecule has 0 atom stereocenters. The monoisotopic (exact) mass is 402 g/mol. The van der Waals surface area contributed by atoms with E-state index in [1.54, 1.807) is 0 Å². The number of aliphatic imine (C=N–C) groups is 1. The average molecular weight is 403 g/mol. The van der Waals surface area contributed by atoms with Gasteiger partial charge in [-0.1, -0.05) is 35.3 Å². The van der Waals surface area contributed by atoms with Crippen molar-refractivity contribution in [2.75, 3.05) is 26.2 Å². The molecule has 142 valence electrons. The Kier molecular flexibility index (Phi) is 6.01. The topological polar surface area (TPSA) is 24.8 Å². The summed E-state index contributed by atoms with van der Waals surface area (Å²) in [5, 5.41) is 1.39. The summed E-state index contributed by atoms with van der Waals surface area (Å²) in [7, 11) is 0. The summed E-state index contributed by atoms with van der Waals surface area (Å²) < 4.78 is 5.93. The second-order valence-electron chi connectivity index (χ2n) is 7.29. The maximum absolute atomic E-state index is 6.39. The Bertz CT molecular complexity index is 829. The van der Waals surface area contributed by atoms with Crippen molar-refractivity contribution in [3.63, 3.8) is 0 Å². The van der Waals surface area contributed by atoms with Gasteiger partial charge in [0.2, 0.25) is 0 Å². The van der Waals surface area contributed by atoms with E-state index in [-0.39, 0.29) is 0 Å². The first-order valence-corrected chi connectivity index (χ1v) is 10.4. The van der Waals surface area contributed by atoms with Crippen molar-refractivity contribution in [2.24, 2.45) is 4.99 Å². The Hall–Kier alpha value is -1.55. The minimum atomic E-state index is 0.511. The third kappa shape index (κ3) is 4.48. The van der Waals surface area contributed by atoms with Crippen molar-refractivity contribution >= 4 is 29.4 Å². The minimum Gasteiger partial charge on any atom is -0.494 e. The molecule has 0 bridgehead atoms. The Morgan fingerprint density at radius 1 is 1.11 bits per heavy atom. The van der Waals surface area contributed by atoms with E-state index < -0.39 is 0 Å².